The maximum atomic E-state index is 12.5. The van der Waals surface area contributed by atoms with Crippen molar-refractivity contribution in [3.8, 4) is 11.8 Å². The first kappa shape index (κ1) is 13.9. The van der Waals surface area contributed by atoms with Crippen LogP contribution in [0.2, 0.25) is 0 Å². The zero-order chi connectivity index (χ0) is 15.7. The van der Waals surface area contributed by atoms with Gasteiger partial charge in [0, 0.05) is 5.39 Å². The number of nitrogens with zero attached hydrogens (tertiary/aromatic N) is 2. The Balaban J connectivity index is 2.26. The predicted octanol–water partition coefficient (Wildman–Crippen LogP) is 2.94. The summed E-state index contributed by atoms with van der Waals surface area (Å²) >= 11 is 0. The lowest BCUT2D eigenvalue weighted by molar-refractivity contribution is 0.477. The quantitative estimate of drug-likeness (QED) is 0.789. The van der Waals surface area contributed by atoms with Gasteiger partial charge in [0.05, 0.1) is 12.1 Å². The van der Waals surface area contributed by atoms with Crippen LogP contribution in [0.4, 0.5) is 0 Å². The van der Waals surface area contributed by atoms with Gasteiger partial charge in [0.25, 0.3) is 5.56 Å². The van der Waals surface area contributed by atoms with Crippen LogP contribution in [0.15, 0.2) is 53.3 Å². The Morgan fingerprint density at radius 1 is 1.14 bits per heavy atom. The molecule has 0 bridgehead atoms. The summed E-state index contributed by atoms with van der Waals surface area (Å²) in [7, 11) is 0. The normalized spacial score (nSPS) is 10.5. The molecule has 0 aliphatic heterocycles. The number of hydrogen-bond acceptors (Lipinski definition) is 3. The molecule has 4 heteroatoms. The molecule has 0 fully saturated rings. The molecule has 0 saturated heterocycles. The van der Waals surface area contributed by atoms with E-state index in [0.717, 1.165) is 11.1 Å². The van der Waals surface area contributed by atoms with Crippen LogP contribution >= 0.6 is 0 Å². The van der Waals surface area contributed by atoms with E-state index < -0.39 is 5.56 Å². The predicted molar refractivity (Wildman–Crippen MR) is 84.9 cm³/mol. The maximum absolute atomic E-state index is 12.5. The topological polar surface area (TPSA) is 66.0 Å². The molecule has 0 radical (unpaired) electrons. The van der Waals surface area contributed by atoms with Gasteiger partial charge in [-0.1, -0.05) is 42.0 Å². The number of fused-ring (bicyclic) bond motifs is 1. The minimum atomic E-state index is -0.473. The van der Waals surface area contributed by atoms with Crippen LogP contribution < -0.4 is 5.56 Å². The van der Waals surface area contributed by atoms with E-state index in [2.05, 4.69) is 0 Å². The molecule has 0 atom stereocenters. The number of hydrogen-bond donors (Lipinski definition) is 1. The SMILES string of the molecule is Cc1ccc(Cn2c(=O)c(C#N)c(O)c3ccccc32)cc1. The third-order valence-corrected chi connectivity index (χ3v) is 3.72. The zero-order valence-electron chi connectivity index (χ0n) is 12.1. The van der Waals surface area contributed by atoms with Gasteiger partial charge in [0.1, 0.15) is 11.8 Å². The molecule has 1 heterocycles. The van der Waals surface area contributed by atoms with E-state index in [9.17, 15) is 9.90 Å². The second-order valence-corrected chi connectivity index (χ2v) is 5.23. The molecular weight excluding hydrogens is 276 g/mol. The van der Waals surface area contributed by atoms with Gasteiger partial charge in [-0.3, -0.25) is 4.79 Å². The highest BCUT2D eigenvalue weighted by atomic mass is 16.3. The van der Waals surface area contributed by atoms with Gasteiger partial charge in [0.2, 0.25) is 0 Å². The Morgan fingerprint density at radius 2 is 1.82 bits per heavy atom. The molecule has 2 aromatic carbocycles. The minimum absolute atomic E-state index is 0.217. The molecule has 108 valence electrons. The second kappa shape index (κ2) is 5.38. The number of pyridine rings is 1. The van der Waals surface area contributed by atoms with Gasteiger partial charge in [0.15, 0.2) is 5.56 Å². The molecule has 1 aromatic heterocycles. The van der Waals surface area contributed by atoms with E-state index in [1.54, 1.807) is 24.3 Å². The Bertz CT molecular complexity index is 948. The van der Waals surface area contributed by atoms with Crippen molar-refractivity contribution >= 4 is 10.9 Å². The average Bonchev–Trinajstić information content (AvgIpc) is 2.54. The van der Waals surface area contributed by atoms with Crippen molar-refractivity contribution in [1.29, 1.82) is 5.26 Å². The highest BCUT2D eigenvalue weighted by Crippen LogP contribution is 2.26. The van der Waals surface area contributed by atoms with Crippen molar-refractivity contribution in [2.75, 3.05) is 0 Å². The third kappa shape index (κ3) is 2.23. The van der Waals surface area contributed by atoms with Gasteiger partial charge in [-0.05, 0) is 24.6 Å². The highest BCUT2D eigenvalue weighted by molar-refractivity contribution is 5.87. The van der Waals surface area contributed by atoms with Gasteiger partial charge in [-0.2, -0.15) is 5.26 Å². The summed E-state index contributed by atoms with van der Waals surface area (Å²) in [6.07, 6.45) is 0. The first-order chi connectivity index (χ1) is 10.6. The Labute approximate surface area is 127 Å². The molecule has 3 rings (SSSR count). The van der Waals surface area contributed by atoms with Crippen molar-refractivity contribution in [2.24, 2.45) is 0 Å². The van der Waals surface area contributed by atoms with Crippen molar-refractivity contribution in [3.05, 3.63) is 75.6 Å². The summed E-state index contributed by atoms with van der Waals surface area (Å²) in [4.78, 5) is 12.5. The fourth-order valence-electron chi connectivity index (χ4n) is 2.52. The lowest BCUT2D eigenvalue weighted by atomic mass is 10.1. The zero-order valence-corrected chi connectivity index (χ0v) is 12.1. The van der Waals surface area contributed by atoms with Crippen molar-refractivity contribution in [1.82, 2.24) is 4.57 Å². The smallest absolute Gasteiger partial charge is 0.273 e. The molecule has 3 aromatic rings. The van der Waals surface area contributed by atoms with Gasteiger partial charge in [-0.15, -0.1) is 0 Å². The van der Waals surface area contributed by atoms with E-state index >= 15 is 0 Å². The van der Waals surface area contributed by atoms with E-state index in [4.69, 9.17) is 5.26 Å². The first-order valence-electron chi connectivity index (χ1n) is 6.92. The summed E-state index contributed by atoms with van der Waals surface area (Å²) in [5.74, 6) is -0.247. The van der Waals surface area contributed by atoms with Crippen molar-refractivity contribution < 1.29 is 5.11 Å². The summed E-state index contributed by atoms with van der Waals surface area (Å²) in [5.41, 5.74) is 2.03. The van der Waals surface area contributed by atoms with E-state index in [-0.39, 0.29) is 11.3 Å². The lowest BCUT2D eigenvalue weighted by Crippen LogP contribution is -2.23. The van der Waals surface area contributed by atoms with Gasteiger partial charge in [-0.25, -0.2) is 0 Å². The number of aromatic hydroxyl groups is 1. The molecule has 0 aliphatic carbocycles. The van der Waals surface area contributed by atoms with Crippen molar-refractivity contribution in [3.63, 3.8) is 0 Å². The molecule has 1 N–H and O–H groups in total. The summed E-state index contributed by atoms with van der Waals surface area (Å²) < 4.78 is 1.53. The van der Waals surface area contributed by atoms with Gasteiger partial charge >= 0.3 is 0 Å². The fourth-order valence-corrected chi connectivity index (χ4v) is 2.52. The van der Waals surface area contributed by atoms with Crippen LogP contribution in [0, 0.1) is 18.3 Å². The van der Waals surface area contributed by atoms with E-state index in [1.807, 2.05) is 37.3 Å². The molecular formula is C18H14N2O2. The Morgan fingerprint density at radius 3 is 2.50 bits per heavy atom. The Kier molecular flexibility index (Phi) is 3.40. The van der Waals surface area contributed by atoms with Crippen molar-refractivity contribution in [2.45, 2.75) is 13.5 Å². The molecule has 0 aliphatic rings. The number of benzene rings is 2. The van der Waals surface area contributed by atoms with Gasteiger partial charge < -0.3 is 9.67 Å². The average molecular weight is 290 g/mol. The first-order valence-corrected chi connectivity index (χ1v) is 6.92. The molecule has 0 saturated carbocycles. The molecule has 0 unspecified atom stereocenters. The standard InChI is InChI=1S/C18H14N2O2/c1-12-6-8-13(9-7-12)11-20-16-5-3-2-4-14(16)17(21)15(10-19)18(20)22/h2-9,21H,11H2,1H3. The molecule has 22 heavy (non-hydrogen) atoms. The molecule has 0 amide bonds. The summed E-state index contributed by atoms with van der Waals surface area (Å²) in [6, 6.07) is 16.7. The molecule has 0 spiro atoms. The van der Waals surface area contributed by atoms with E-state index in [1.165, 1.54) is 4.57 Å². The number of para-hydroxylation sites is 1. The number of nitriles is 1. The fraction of sp³-hybridized carbons (Fsp3) is 0.111. The number of rotatable bonds is 2. The van der Waals surface area contributed by atoms with Crippen LogP contribution in [-0.4, -0.2) is 9.67 Å². The largest absolute Gasteiger partial charge is 0.506 e. The Hall–Kier alpha value is -3.06. The number of aromatic nitrogens is 1. The maximum Gasteiger partial charge on any atom is 0.273 e. The highest BCUT2D eigenvalue weighted by Gasteiger charge is 2.15. The lowest BCUT2D eigenvalue weighted by Gasteiger charge is -2.12. The van der Waals surface area contributed by atoms with Crippen LogP contribution in [0.5, 0.6) is 5.75 Å². The van der Waals surface area contributed by atoms with Crippen LogP contribution in [-0.2, 0) is 6.54 Å². The van der Waals surface area contributed by atoms with Crippen LogP contribution in [0.3, 0.4) is 0 Å². The monoisotopic (exact) mass is 290 g/mol. The summed E-state index contributed by atoms with van der Waals surface area (Å²) in [6.45, 7) is 2.36. The second-order valence-electron chi connectivity index (χ2n) is 5.23. The summed E-state index contributed by atoms with van der Waals surface area (Å²) in [5, 5.41) is 19.8. The molecule has 4 nitrogen and oxygen atoms in total. The van der Waals surface area contributed by atoms with Crippen LogP contribution in [0.25, 0.3) is 10.9 Å². The number of aryl methyl sites for hydroxylation is 1. The minimum Gasteiger partial charge on any atom is -0.506 e. The van der Waals surface area contributed by atoms with Crippen LogP contribution in [0.1, 0.15) is 16.7 Å². The third-order valence-electron chi connectivity index (χ3n) is 3.72. The van der Waals surface area contributed by atoms with E-state index in [0.29, 0.717) is 17.4 Å².